The summed E-state index contributed by atoms with van der Waals surface area (Å²) in [6, 6.07) is 0. The van der Waals surface area contributed by atoms with Crippen molar-refractivity contribution in [3.63, 3.8) is 0 Å². The smallest absolute Gasteiger partial charge is 0.306 e. The van der Waals surface area contributed by atoms with Gasteiger partial charge in [-0.05, 0) is 103 Å². The van der Waals surface area contributed by atoms with Crippen molar-refractivity contribution in [3.05, 3.63) is 97.2 Å². The van der Waals surface area contributed by atoms with E-state index in [0.29, 0.717) is 19.3 Å². The molecule has 0 N–H and O–H groups in total. The molecule has 6 heteroatoms. The predicted octanol–water partition coefficient (Wildman–Crippen LogP) is 20.1. The van der Waals surface area contributed by atoms with Gasteiger partial charge in [0.1, 0.15) is 13.2 Å². The van der Waals surface area contributed by atoms with E-state index >= 15 is 0 Å². The fourth-order valence-corrected chi connectivity index (χ4v) is 8.12. The molecule has 6 nitrogen and oxygen atoms in total. The first-order valence-corrected chi connectivity index (χ1v) is 29.7. The Hall–Kier alpha value is -3.67. The molecular formula is C65H110O6. The monoisotopic (exact) mass is 987 g/mol. The lowest BCUT2D eigenvalue weighted by Gasteiger charge is -2.18. The average molecular weight is 988 g/mol. The molecule has 406 valence electrons. The number of hydrogen-bond donors (Lipinski definition) is 0. The van der Waals surface area contributed by atoms with Gasteiger partial charge in [0, 0.05) is 19.3 Å². The molecule has 0 fully saturated rings. The third kappa shape index (κ3) is 57.1. The summed E-state index contributed by atoms with van der Waals surface area (Å²) in [6.07, 6.45) is 78.3. The molecule has 0 heterocycles. The molecule has 1 unspecified atom stereocenters. The van der Waals surface area contributed by atoms with Crippen LogP contribution in [-0.2, 0) is 28.6 Å². The van der Waals surface area contributed by atoms with Crippen molar-refractivity contribution in [3.8, 4) is 0 Å². The molecule has 0 aromatic rings. The first-order chi connectivity index (χ1) is 35.0. The molecule has 0 rings (SSSR count). The van der Waals surface area contributed by atoms with E-state index in [-0.39, 0.29) is 31.1 Å². The molecule has 0 aromatic heterocycles. The van der Waals surface area contributed by atoms with E-state index in [2.05, 4.69) is 118 Å². The number of hydrogen-bond acceptors (Lipinski definition) is 6. The van der Waals surface area contributed by atoms with Crippen LogP contribution in [0, 0.1) is 0 Å². The number of allylic oxidation sites excluding steroid dienone is 16. The summed E-state index contributed by atoms with van der Waals surface area (Å²) in [7, 11) is 0. The van der Waals surface area contributed by atoms with Crippen molar-refractivity contribution in [1.82, 2.24) is 0 Å². The highest BCUT2D eigenvalue weighted by molar-refractivity contribution is 5.71. The van der Waals surface area contributed by atoms with Crippen molar-refractivity contribution >= 4 is 17.9 Å². The number of carbonyl (C=O) groups excluding carboxylic acids is 3. The summed E-state index contributed by atoms with van der Waals surface area (Å²) in [5, 5.41) is 0. The largest absolute Gasteiger partial charge is 0.462 e. The van der Waals surface area contributed by atoms with Crippen LogP contribution in [0.2, 0.25) is 0 Å². The Morgan fingerprint density at radius 3 is 0.873 bits per heavy atom. The van der Waals surface area contributed by atoms with E-state index < -0.39 is 6.10 Å². The molecule has 0 aliphatic carbocycles. The molecule has 0 spiro atoms. The maximum Gasteiger partial charge on any atom is 0.306 e. The van der Waals surface area contributed by atoms with Crippen LogP contribution < -0.4 is 0 Å². The quantitative estimate of drug-likeness (QED) is 0.0261. The summed E-state index contributed by atoms with van der Waals surface area (Å²) in [4.78, 5) is 38.1. The van der Waals surface area contributed by atoms with Crippen LogP contribution in [0.1, 0.15) is 278 Å². The zero-order valence-corrected chi connectivity index (χ0v) is 46.5. The Balaban J connectivity index is 4.26. The van der Waals surface area contributed by atoms with Gasteiger partial charge >= 0.3 is 17.9 Å². The van der Waals surface area contributed by atoms with Gasteiger partial charge in [0.05, 0.1) is 0 Å². The molecular weight excluding hydrogens is 877 g/mol. The normalized spacial score (nSPS) is 12.8. The lowest BCUT2D eigenvalue weighted by Crippen LogP contribution is -2.30. The minimum absolute atomic E-state index is 0.0822. The van der Waals surface area contributed by atoms with Gasteiger partial charge in [-0.2, -0.15) is 0 Å². The molecule has 0 amide bonds. The van der Waals surface area contributed by atoms with E-state index in [1.807, 2.05) is 0 Å². The van der Waals surface area contributed by atoms with Crippen LogP contribution in [-0.4, -0.2) is 37.2 Å². The molecule has 0 aromatic carbocycles. The van der Waals surface area contributed by atoms with Gasteiger partial charge in [0.2, 0.25) is 0 Å². The van der Waals surface area contributed by atoms with Crippen molar-refractivity contribution in [1.29, 1.82) is 0 Å². The molecule has 0 saturated heterocycles. The highest BCUT2D eigenvalue weighted by Crippen LogP contribution is 2.15. The fraction of sp³-hybridized carbons (Fsp3) is 0.708. The third-order valence-electron chi connectivity index (χ3n) is 12.6. The van der Waals surface area contributed by atoms with E-state index in [1.54, 1.807) is 0 Å². The molecule has 0 saturated carbocycles. The number of ether oxygens (including phenoxy) is 3. The molecule has 71 heavy (non-hydrogen) atoms. The van der Waals surface area contributed by atoms with Gasteiger partial charge in [-0.3, -0.25) is 14.4 Å². The standard InChI is InChI=1S/C65H110O6/c1-4-7-10-13-16-19-22-24-26-27-28-29-30-31-32-33-34-35-36-37-38-39-40-42-43-46-49-52-55-58-64(67)70-61-62(60-69-63(66)57-54-51-48-45-21-18-15-12-9-6-3)71-65(68)59-56-53-50-47-44-41-25-23-20-17-14-11-8-5-2/h7,10,16,19,23-26,28-29,31-32,34-35,37-38,62H,4-6,8-9,11-15,17-18,20-22,27,30,33,36,39-61H2,1-3H3/b10-7-,19-16-,25-23-,26-24-,29-28-,32-31-,35-34-,38-37-. The molecule has 0 aliphatic rings. The van der Waals surface area contributed by atoms with Crippen molar-refractivity contribution in [2.45, 2.75) is 284 Å². The second-order valence-corrected chi connectivity index (χ2v) is 19.5. The fourth-order valence-electron chi connectivity index (χ4n) is 8.12. The SMILES string of the molecule is CC/C=C\C/C=C\C/C=C\C/C=C\C/C=C\C/C=C\C/C=C\CCCCCCCCCC(=O)OCC(COC(=O)CCCCCCCCCCCC)OC(=O)CCCCCCC/C=C\CCCCCCC. The number of unbranched alkanes of at least 4 members (excludes halogenated alkanes) is 26. The minimum atomic E-state index is -0.784. The van der Waals surface area contributed by atoms with Crippen LogP contribution in [0.25, 0.3) is 0 Å². The van der Waals surface area contributed by atoms with Gasteiger partial charge in [-0.15, -0.1) is 0 Å². The topological polar surface area (TPSA) is 78.9 Å². The van der Waals surface area contributed by atoms with Gasteiger partial charge in [0.15, 0.2) is 6.10 Å². The molecule has 0 aliphatic heterocycles. The number of rotatable bonds is 53. The van der Waals surface area contributed by atoms with Crippen LogP contribution in [0.15, 0.2) is 97.2 Å². The Bertz CT molecular complexity index is 1410. The zero-order chi connectivity index (χ0) is 51.4. The Morgan fingerprint density at radius 1 is 0.296 bits per heavy atom. The van der Waals surface area contributed by atoms with E-state index in [1.165, 1.54) is 116 Å². The highest BCUT2D eigenvalue weighted by atomic mass is 16.6. The summed E-state index contributed by atoms with van der Waals surface area (Å²) in [6.45, 7) is 6.49. The van der Waals surface area contributed by atoms with Crippen LogP contribution in [0.5, 0.6) is 0 Å². The highest BCUT2D eigenvalue weighted by Gasteiger charge is 2.19. The second kappa shape index (κ2) is 58.9. The van der Waals surface area contributed by atoms with Crippen molar-refractivity contribution < 1.29 is 28.6 Å². The number of esters is 3. The molecule has 0 radical (unpaired) electrons. The summed E-state index contributed by atoms with van der Waals surface area (Å²) < 4.78 is 16.8. The van der Waals surface area contributed by atoms with Crippen molar-refractivity contribution in [2.24, 2.45) is 0 Å². The van der Waals surface area contributed by atoms with Crippen LogP contribution in [0.3, 0.4) is 0 Å². The maximum absolute atomic E-state index is 12.8. The van der Waals surface area contributed by atoms with Crippen molar-refractivity contribution in [2.75, 3.05) is 13.2 Å². The van der Waals surface area contributed by atoms with E-state index in [0.717, 1.165) is 122 Å². The lowest BCUT2D eigenvalue weighted by molar-refractivity contribution is -0.167. The first kappa shape index (κ1) is 67.3. The maximum atomic E-state index is 12.8. The Kier molecular flexibility index (Phi) is 55.9. The van der Waals surface area contributed by atoms with Gasteiger partial charge < -0.3 is 14.2 Å². The first-order valence-electron chi connectivity index (χ1n) is 29.7. The second-order valence-electron chi connectivity index (χ2n) is 19.5. The Morgan fingerprint density at radius 2 is 0.549 bits per heavy atom. The minimum Gasteiger partial charge on any atom is -0.462 e. The van der Waals surface area contributed by atoms with Gasteiger partial charge in [0.25, 0.3) is 0 Å². The zero-order valence-electron chi connectivity index (χ0n) is 46.5. The molecule has 1 atom stereocenters. The lowest BCUT2D eigenvalue weighted by atomic mass is 10.1. The average Bonchev–Trinajstić information content (AvgIpc) is 3.37. The molecule has 0 bridgehead atoms. The summed E-state index contributed by atoms with van der Waals surface area (Å²) >= 11 is 0. The Labute approximate surface area is 438 Å². The van der Waals surface area contributed by atoms with Gasteiger partial charge in [-0.1, -0.05) is 253 Å². The third-order valence-corrected chi connectivity index (χ3v) is 12.6. The summed E-state index contributed by atoms with van der Waals surface area (Å²) in [5.41, 5.74) is 0. The van der Waals surface area contributed by atoms with Crippen LogP contribution in [0.4, 0.5) is 0 Å². The number of carbonyl (C=O) groups is 3. The van der Waals surface area contributed by atoms with E-state index in [4.69, 9.17) is 14.2 Å². The summed E-state index contributed by atoms with van der Waals surface area (Å²) in [5.74, 6) is -0.900. The van der Waals surface area contributed by atoms with E-state index in [9.17, 15) is 14.4 Å². The van der Waals surface area contributed by atoms with Crippen LogP contribution >= 0.6 is 0 Å². The predicted molar refractivity (Wildman–Crippen MR) is 307 cm³/mol. The van der Waals surface area contributed by atoms with Gasteiger partial charge in [-0.25, -0.2) is 0 Å².